The molecule has 6 heteroatoms. The first-order chi connectivity index (χ1) is 17.1. The van der Waals surface area contributed by atoms with Gasteiger partial charge in [-0.2, -0.15) is 11.8 Å². The van der Waals surface area contributed by atoms with Gasteiger partial charge in [0.2, 0.25) is 0 Å². The zero-order chi connectivity index (χ0) is 25.4. The Bertz CT molecular complexity index is 641. The maximum atomic E-state index is 11.9. The van der Waals surface area contributed by atoms with E-state index in [0.29, 0.717) is 5.75 Å². The zero-order valence-electron chi connectivity index (χ0n) is 22.0. The largest absolute Gasteiger partial charge is 0.480 e. The minimum Gasteiger partial charge on any atom is -0.480 e. The summed E-state index contributed by atoms with van der Waals surface area (Å²) in [6, 6.07) is 8.41. The highest BCUT2D eigenvalue weighted by atomic mass is 32.2. The van der Waals surface area contributed by atoms with Crippen molar-refractivity contribution in [1.82, 2.24) is 5.32 Å². The Morgan fingerprint density at radius 1 is 0.800 bits per heavy atom. The van der Waals surface area contributed by atoms with Crippen molar-refractivity contribution < 1.29 is 19.4 Å². The molecule has 0 saturated heterocycles. The van der Waals surface area contributed by atoms with Gasteiger partial charge in [-0.1, -0.05) is 134 Å². The summed E-state index contributed by atoms with van der Waals surface area (Å²) in [6.07, 6.45) is 20.8. The number of hydrogen-bond acceptors (Lipinski definition) is 4. The van der Waals surface area contributed by atoms with Gasteiger partial charge in [0.05, 0.1) is 0 Å². The molecule has 0 aliphatic heterocycles. The number of amides is 1. The van der Waals surface area contributed by atoms with Crippen LogP contribution in [0, 0.1) is 0 Å². The Morgan fingerprint density at radius 2 is 1.29 bits per heavy atom. The molecule has 35 heavy (non-hydrogen) atoms. The third kappa shape index (κ3) is 19.2. The quantitative estimate of drug-likeness (QED) is 0.146. The number of thioether (sulfide) groups is 1. The number of nitrogens with one attached hydrogen (secondary N) is 1. The summed E-state index contributed by atoms with van der Waals surface area (Å²) < 4.78 is 5.13. The molecule has 0 unspecified atom stereocenters. The molecule has 0 spiro atoms. The van der Waals surface area contributed by atoms with Crippen molar-refractivity contribution in [1.29, 1.82) is 0 Å². The predicted octanol–water partition coefficient (Wildman–Crippen LogP) is 8.36. The van der Waals surface area contributed by atoms with Crippen molar-refractivity contribution in [3.8, 4) is 0 Å². The van der Waals surface area contributed by atoms with Crippen LogP contribution >= 0.6 is 11.8 Å². The molecule has 0 radical (unpaired) electrons. The maximum Gasteiger partial charge on any atom is 0.408 e. The molecular formula is C29H49NO4S. The van der Waals surface area contributed by atoms with Gasteiger partial charge in [-0.3, -0.25) is 0 Å². The molecule has 1 amide bonds. The van der Waals surface area contributed by atoms with Crippen molar-refractivity contribution in [2.75, 3.05) is 11.5 Å². The molecule has 1 rings (SSSR count). The summed E-state index contributed by atoms with van der Waals surface area (Å²) in [6.45, 7) is 2.40. The van der Waals surface area contributed by atoms with Crippen LogP contribution in [0.2, 0.25) is 0 Å². The van der Waals surface area contributed by atoms with Gasteiger partial charge in [-0.25, -0.2) is 9.59 Å². The van der Waals surface area contributed by atoms with E-state index in [9.17, 15) is 14.7 Å². The van der Waals surface area contributed by atoms with Gasteiger partial charge in [0.25, 0.3) is 0 Å². The van der Waals surface area contributed by atoms with Crippen LogP contribution in [0.3, 0.4) is 0 Å². The van der Waals surface area contributed by atoms with Crippen LogP contribution in [0.1, 0.15) is 115 Å². The highest BCUT2D eigenvalue weighted by molar-refractivity contribution is 7.99. The molecule has 200 valence electrons. The smallest absolute Gasteiger partial charge is 0.408 e. The van der Waals surface area contributed by atoms with Crippen molar-refractivity contribution in [2.24, 2.45) is 0 Å². The van der Waals surface area contributed by atoms with Crippen LogP contribution in [0.5, 0.6) is 0 Å². The average molecular weight is 508 g/mol. The van der Waals surface area contributed by atoms with Crippen molar-refractivity contribution in [2.45, 2.75) is 122 Å². The van der Waals surface area contributed by atoms with Crippen molar-refractivity contribution >= 4 is 23.8 Å². The van der Waals surface area contributed by atoms with Crippen LogP contribution in [0.15, 0.2) is 30.3 Å². The van der Waals surface area contributed by atoms with Gasteiger partial charge in [-0.05, 0) is 17.7 Å². The van der Waals surface area contributed by atoms with Crippen LogP contribution in [0.4, 0.5) is 4.79 Å². The molecule has 0 saturated carbocycles. The standard InChI is InChI=1S/C29H49NO4S/c1-2-3-4-5-6-7-8-9-10-11-12-13-14-15-16-20-23-35-25-27(28(31)32)30-29(33)34-24-26-21-18-17-19-22-26/h17-19,21-22,27H,2-16,20,23-25H2,1H3,(H,30,33)(H,31,32)/t27-/m0/s1. The van der Waals surface area contributed by atoms with E-state index in [0.717, 1.165) is 17.7 Å². The third-order valence-electron chi connectivity index (χ3n) is 6.23. The molecule has 0 fully saturated rings. The minimum absolute atomic E-state index is 0.130. The first-order valence-electron chi connectivity index (χ1n) is 13.9. The Morgan fingerprint density at radius 3 is 1.77 bits per heavy atom. The van der Waals surface area contributed by atoms with Crippen LogP contribution in [0.25, 0.3) is 0 Å². The molecule has 0 bridgehead atoms. The lowest BCUT2D eigenvalue weighted by molar-refractivity contribution is -0.138. The van der Waals surface area contributed by atoms with Gasteiger partial charge in [-0.15, -0.1) is 0 Å². The predicted molar refractivity (Wildman–Crippen MR) is 148 cm³/mol. The fraction of sp³-hybridized carbons (Fsp3) is 0.724. The summed E-state index contributed by atoms with van der Waals surface area (Å²) in [4.78, 5) is 23.4. The zero-order valence-corrected chi connectivity index (χ0v) is 22.8. The van der Waals surface area contributed by atoms with E-state index in [1.54, 1.807) is 11.8 Å². The number of benzene rings is 1. The highest BCUT2D eigenvalue weighted by Crippen LogP contribution is 2.15. The minimum atomic E-state index is -1.03. The van der Waals surface area contributed by atoms with E-state index in [1.807, 2.05) is 30.3 Å². The molecule has 0 aliphatic rings. The van der Waals surface area contributed by atoms with Gasteiger partial charge in [0, 0.05) is 5.75 Å². The number of carbonyl (C=O) groups excluding carboxylic acids is 1. The van der Waals surface area contributed by atoms with Crippen LogP contribution in [-0.4, -0.2) is 34.7 Å². The highest BCUT2D eigenvalue weighted by Gasteiger charge is 2.20. The number of ether oxygens (including phenoxy) is 1. The summed E-state index contributed by atoms with van der Waals surface area (Å²) in [5, 5.41) is 11.8. The van der Waals surface area contributed by atoms with Gasteiger partial charge < -0.3 is 15.2 Å². The van der Waals surface area contributed by atoms with E-state index in [1.165, 1.54) is 96.3 Å². The average Bonchev–Trinajstić information content (AvgIpc) is 2.86. The summed E-state index contributed by atoms with van der Waals surface area (Å²) in [7, 11) is 0. The fourth-order valence-corrected chi connectivity index (χ4v) is 5.07. The van der Waals surface area contributed by atoms with E-state index in [-0.39, 0.29) is 6.61 Å². The number of alkyl carbamates (subject to hydrolysis) is 1. The molecule has 2 N–H and O–H groups in total. The molecule has 0 aliphatic carbocycles. The summed E-state index contributed by atoms with van der Waals surface area (Å²) in [5.41, 5.74) is 0.868. The number of hydrogen-bond donors (Lipinski definition) is 2. The molecular weight excluding hydrogens is 458 g/mol. The molecule has 0 aromatic heterocycles. The second kappa shape index (κ2) is 22.8. The Kier molecular flexibility index (Phi) is 20.4. The Balaban J connectivity index is 1.90. The van der Waals surface area contributed by atoms with Crippen LogP contribution < -0.4 is 5.32 Å². The summed E-state index contributed by atoms with van der Waals surface area (Å²) in [5.74, 6) is 0.249. The van der Waals surface area contributed by atoms with E-state index in [2.05, 4.69) is 12.2 Å². The lowest BCUT2D eigenvalue weighted by Gasteiger charge is -2.14. The van der Waals surface area contributed by atoms with Gasteiger partial charge >= 0.3 is 12.1 Å². The van der Waals surface area contributed by atoms with Gasteiger partial charge in [0.1, 0.15) is 12.6 Å². The van der Waals surface area contributed by atoms with Crippen molar-refractivity contribution in [3.05, 3.63) is 35.9 Å². The second-order valence-corrected chi connectivity index (χ2v) is 10.6. The molecule has 1 aromatic rings. The number of unbranched alkanes of at least 4 members (excludes halogenated alkanes) is 15. The number of rotatable bonds is 23. The third-order valence-corrected chi connectivity index (χ3v) is 7.38. The molecule has 1 aromatic carbocycles. The van der Waals surface area contributed by atoms with Gasteiger partial charge in [0.15, 0.2) is 0 Å². The lowest BCUT2D eigenvalue weighted by Crippen LogP contribution is -2.42. The summed E-state index contributed by atoms with van der Waals surface area (Å²) >= 11 is 1.58. The number of carboxylic acids is 1. The van der Waals surface area contributed by atoms with E-state index < -0.39 is 18.1 Å². The molecule has 1 atom stereocenters. The molecule has 5 nitrogen and oxygen atoms in total. The SMILES string of the molecule is CCCCCCCCCCCCCCCCCCSC[C@H](NC(=O)OCc1ccccc1)C(=O)O. The first kappa shape index (κ1) is 31.3. The monoisotopic (exact) mass is 507 g/mol. The van der Waals surface area contributed by atoms with Crippen molar-refractivity contribution in [3.63, 3.8) is 0 Å². The number of aliphatic carboxylic acids is 1. The van der Waals surface area contributed by atoms with E-state index in [4.69, 9.17) is 4.74 Å². The Hall–Kier alpha value is -1.69. The molecule has 0 heterocycles. The first-order valence-corrected chi connectivity index (χ1v) is 15.1. The lowest BCUT2D eigenvalue weighted by atomic mass is 10.0. The topological polar surface area (TPSA) is 75.6 Å². The fourth-order valence-electron chi connectivity index (χ4n) is 4.04. The maximum absolute atomic E-state index is 11.9. The number of carboxylic acid groups (broad SMARTS) is 1. The normalized spacial score (nSPS) is 11.8. The Labute approximate surface area is 218 Å². The number of carbonyl (C=O) groups is 2. The second-order valence-electron chi connectivity index (χ2n) is 9.48. The van der Waals surface area contributed by atoms with E-state index >= 15 is 0 Å². The van der Waals surface area contributed by atoms with Crippen LogP contribution in [-0.2, 0) is 16.1 Å².